The molecule has 3 saturated carbocycles. The van der Waals surface area contributed by atoms with Gasteiger partial charge in [-0.25, -0.2) is 8.42 Å². The SMILES string of the molecule is CC(C)(C)[Si](C)(C)OC[C@@]1(C)C[C@H]2C[C@]3(C)CC[C@@H]3C(=O)[C@@]2(S(=O)(=O)c2ccccc2)C1. The second-order valence-corrected chi connectivity index (χ2v) is 20.0. The van der Waals surface area contributed by atoms with E-state index in [1.54, 1.807) is 24.3 Å². The van der Waals surface area contributed by atoms with Crippen molar-refractivity contribution < 1.29 is 17.6 Å². The summed E-state index contributed by atoms with van der Waals surface area (Å²) in [6.45, 7) is 16.0. The van der Waals surface area contributed by atoms with Gasteiger partial charge in [-0.15, -0.1) is 0 Å². The summed E-state index contributed by atoms with van der Waals surface area (Å²) < 4.78 is 33.7. The van der Waals surface area contributed by atoms with Gasteiger partial charge in [-0.05, 0) is 79.1 Å². The molecule has 5 atom stereocenters. The van der Waals surface area contributed by atoms with E-state index in [0.29, 0.717) is 13.0 Å². The van der Waals surface area contributed by atoms with Gasteiger partial charge >= 0.3 is 0 Å². The van der Waals surface area contributed by atoms with Gasteiger partial charge in [0.25, 0.3) is 0 Å². The third-order valence-corrected chi connectivity index (χ3v) is 16.5. The van der Waals surface area contributed by atoms with Crippen molar-refractivity contribution in [2.24, 2.45) is 22.7 Å². The second kappa shape index (κ2) is 7.26. The molecule has 4 nitrogen and oxygen atoms in total. The normalized spacial score (nSPS) is 37.5. The highest BCUT2D eigenvalue weighted by Gasteiger charge is 2.71. The van der Waals surface area contributed by atoms with E-state index in [2.05, 4.69) is 47.7 Å². The lowest BCUT2D eigenvalue weighted by Gasteiger charge is -2.56. The van der Waals surface area contributed by atoms with Gasteiger partial charge in [0.15, 0.2) is 23.9 Å². The van der Waals surface area contributed by atoms with Crippen molar-refractivity contribution in [1.82, 2.24) is 0 Å². The van der Waals surface area contributed by atoms with E-state index in [9.17, 15) is 13.2 Å². The van der Waals surface area contributed by atoms with Gasteiger partial charge in [-0.1, -0.05) is 52.8 Å². The van der Waals surface area contributed by atoms with Gasteiger partial charge in [-0.2, -0.15) is 0 Å². The minimum Gasteiger partial charge on any atom is -0.416 e. The Labute approximate surface area is 195 Å². The van der Waals surface area contributed by atoms with E-state index in [0.717, 1.165) is 25.7 Å². The predicted molar refractivity (Wildman–Crippen MR) is 131 cm³/mol. The number of carbonyl (C=O) groups excluding carboxylic acids is 1. The molecule has 3 aliphatic carbocycles. The number of ketones is 1. The van der Waals surface area contributed by atoms with Crippen LogP contribution >= 0.6 is 0 Å². The molecule has 32 heavy (non-hydrogen) atoms. The number of Topliss-reactive ketones (excluding diaryl/α,β-unsaturated/α-hetero) is 1. The molecule has 0 N–H and O–H groups in total. The zero-order chi connectivity index (χ0) is 23.8. The van der Waals surface area contributed by atoms with Crippen LogP contribution in [0.3, 0.4) is 0 Å². The van der Waals surface area contributed by atoms with Crippen LogP contribution in [0.15, 0.2) is 35.2 Å². The molecule has 4 rings (SSSR count). The lowest BCUT2D eigenvalue weighted by atomic mass is 9.50. The molecule has 1 aromatic carbocycles. The minimum atomic E-state index is -3.81. The summed E-state index contributed by atoms with van der Waals surface area (Å²) in [5.74, 6) is -0.280. The first kappa shape index (κ1) is 24.2. The van der Waals surface area contributed by atoms with E-state index >= 15 is 0 Å². The zero-order valence-corrected chi connectivity index (χ0v) is 22.6. The second-order valence-electron chi connectivity index (χ2n) is 13.0. The van der Waals surface area contributed by atoms with Gasteiger partial charge in [0.1, 0.15) is 4.75 Å². The molecule has 3 aliphatic rings. The quantitative estimate of drug-likeness (QED) is 0.487. The Morgan fingerprint density at radius 2 is 1.72 bits per heavy atom. The van der Waals surface area contributed by atoms with Crippen LogP contribution in [0.5, 0.6) is 0 Å². The maximum atomic E-state index is 14.2. The maximum absolute atomic E-state index is 14.2. The number of hydrogen-bond donors (Lipinski definition) is 0. The van der Waals surface area contributed by atoms with Gasteiger partial charge < -0.3 is 4.43 Å². The zero-order valence-electron chi connectivity index (χ0n) is 20.8. The first-order valence-electron chi connectivity index (χ1n) is 12.1. The smallest absolute Gasteiger partial charge is 0.192 e. The average molecular weight is 477 g/mol. The van der Waals surface area contributed by atoms with Gasteiger partial charge in [-0.3, -0.25) is 4.79 Å². The van der Waals surface area contributed by atoms with Crippen LogP contribution in [0.4, 0.5) is 0 Å². The summed E-state index contributed by atoms with van der Waals surface area (Å²) in [6, 6.07) is 8.66. The molecule has 178 valence electrons. The van der Waals surface area contributed by atoms with Gasteiger partial charge in [0.2, 0.25) is 0 Å². The molecule has 0 spiro atoms. The van der Waals surface area contributed by atoms with Crippen LogP contribution in [0.1, 0.15) is 66.7 Å². The Morgan fingerprint density at radius 1 is 1.09 bits per heavy atom. The molecule has 0 aromatic heterocycles. The van der Waals surface area contributed by atoms with Gasteiger partial charge in [0, 0.05) is 12.5 Å². The number of carbonyl (C=O) groups is 1. The Balaban J connectivity index is 1.75. The largest absolute Gasteiger partial charge is 0.416 e. The molecule has 0 saturated heterocycles. The van der Waals surface area contributed by atoms with E-state index in [1.807, 2.05) is 6.07 Å². The van der Waals surface area contributed by atoms with E-state index in [-0.39, 0.29) is 38.4 Å². The number of hydrogen-bond acceptors (Lipinski definition) is 4. The van der Waals surface area contributed by atoms with Crippen molar-refractivity contribution in [1.29, 1.82) is 0 Å². The summed E-state index contributed by atoms with van der Waals surface area (Å²) in [5, 5.41) is 0.0882. The summed E-state index contributed by atoms with van der Waals surface area (Å²) in [5.41, 5.74) is -0.360. The molecule has 0 aliphatic heterocycles. The summed E-state index contributed by atoms with van der Waals surface area (Å²) in [7, 11) is -5.79. The van der Waals surface area contributed by atoms with E-state index in [4.69, 9.17) is 4.43 Å². The number of fused-ring (bicyclic) bond motifs is 2. The van der Waals surface area contributed by atoms with Gasteiger partial charge in [0.05, 0.1) is 4.90 Å². The molecular formula is C26H40O4SSi. The van der Waals surface area contributed by atoms with Crippen molar-refractivity contribution in [2.45, 2.75) is 94.5 Å². The Bertz CT molecular complexity index is 1010. The van der Waals surface area contributed by atoms with E-state index < -0.39 is 22.9 Å². The Hall–Kier alpha value is -0.983. The number of rotatable bonds is 5. The van der Waals surface area contributed by atoms with Crippen LogP contribution in [0, 0.1) is 22.7 Å². The highest BCUT2D eigenvalue weighted by molar-refractivity contribution is 7.93. The topological polar surface area (TPSA) is 60.4 Å². The monoisotopic (exact) mass is 476 g/mol. The fraction of sp³-hybridized carbons (Fsp3) is 0.731. The van der Waals surface area contributed by atoms with Crippen LogP contribution in [-0.2, 0) is 19.1 Å². The molecule has 0 amide bonds. The first-order chi connectivity index (χ1) is 14.6. The number of benzene rings is 1. The fourth-order valence-electron chi connectivity index (χ4n) is 6.40. The first-order valence-corrected chi connectivity index (χ1v) is 16.5. The third kappa shape index (κ3) is 3.39. The minimum absolute atomic E-state index is 0.0117. The molecule has 0 unspecified atom stereocenters. The van der Waals surface area contributed by atoms with Crippen LogP contribution in [0.2, 0.25) is 18.1 Å². The highest BCUT2D eigenvalue weighted by atomic mass is 32.2. The van der Waals surface area contributed by atoms with Crippen LogP contribution in [-0.4, -0.2) is 33.9 Å². The van der Waals surface area contributed by atoms with Crippen molar-refractivity contribution >= 4 is 23.9 Å². The molecule has 0 radical (unpaired) electrons. The average Bonchev–Trinajstić information content (AvgIpc) is 2.99. The molecule has 6 heteroatoms. The predicted octanol–water partition coefficient (Wildman–Crippen LogP) is 6.03. The van der Waals surface area contributed by atoms with Crippen molar-refractivity contribution in [3.05, 3.63) is 30.3 Å². The van der Waals surface area contributed by atoms with Crippen LogP contribution < -0.4 is 0 Å². The molecule has 0 heterocycles. The summed E-state index contributed by atoms with van der Waals surface area (Å²) in [6.07, 6.45) is 3.79. The standard InChI is InChI=1S/C26H40O4SSi/c1-23(2,3)32(6,7)30-18-24(4)15-19-16-25(5)14-13-21(25)22(27)26(19,17-24)31(28,29)20-11-9-8-10-12-20/h8-12,19,21H,13-18H2,1-7H3/t19-,21+,24-,25-,26+/m0/s1. The van der Waals surface area contributed by atoms with Crippen LogP contribution in [0.25, 0.3) is 0 Å². The Kier molecular flexibility index (Phi) is 5.48. The van der Waals surface area contributed by atoms with E-state index in [1.165, 1.54) is 0 Å². The summed E-state index contributed by atoms with van der Waals surface area (Å²) >= 11 is 0. The molecule has 1 aromatic rings. The lowest BCUT2D eigenvalue weighted by molar-refractivity contribution is -0.145. The molecule has 3 fully saturated rings. The fourth-order valence-corrected chi connectivity index (χ4v) is 10.0. The lowest BCUT2D eigenvalue weighted by Crippen LogP contribution is -2.63. The Morgan fingerprint density at radius 3 is 2.25 bits per heavy atom. The molecular weight excluding hydrogens is 436 g/mol. The maximum Gasteiger partial charge on any atom is 0.192 e. The number of sulfone groups is 1. The van der Waals surface area contributed by atoms with Crippen molar-refractivity contribution in [3.63, 3.8) is 0 Å². The van der Waals surface area contributed by atoms with Crippen molar-refractivity contribution in [2.75, 3.05) is 6.61 Å². The van der Waals surface area contributed by atoms with Crippen molar-refractivity contribution in [3.8, 4) is 0 Å². The molecule has 0 bridgehead atoms. The third-order valence-electron chi connectivity index (χ3n) is 9.50. The highest BCUT2D eigenvalue weighted by Crippen LogP contribution is 2.67. The summed E-state index contributed by atoms with van der Waals surface area (Å²) in [4.78, 5) is 14.3.